The molecule has 0 saturated heterocycles. The van der Waals surface area contributed by atoms with Crippen molar-refractivity contribution in [3.05, 3.63) is 46.0 Å². The fourth-order valence-corrected chi connectivity index (χ4v) is 2.66. The number of carbonyl (C=O) groups is 2. The molecular formula is C15H14Cl2NO3-. The summed E-state index contributed by atoms with van der Waals surface area (Å²) in [5.41, 5.74) is 0.800. The maximum Gasteiger partial charge on any atom is 0.224 e. The van der Waals surface area contributed by atoms with Gasteiger partial charge in [-0.25, -0.2) is 0 Å². The summed E-state index contributed by atoms with van der Waals surface area (Å²) < 4.78 is 0. The molecule has 1 aliphatic rings. The number of benzene rings is 1. The van der Waals surface area contributed by atoms with Crippen LogP contribution in [0.2, 0.25) is 10.0 Å². The van der Waals surface area contributed by atoms with E-state index in [9.17, 15) is 14.7 Å². The van der Waals surface area contributed by atoms with Gasteiger partial charge in [0.1, 0.15) is 0 Å². The van der Waals surface area contributed by atoms with Crippen molar-refractivity contribution in [1.82, 2.24) is 5.32 Å². The molecule has 21 heavy (non-hydrogen) atoms. The van der Waals surface area contributed by atoms with Crippen LogP contribution in [0.5, 0.6) is 0 Å². The first-order valence-corrected chi connectivity index (χ1v) is 7.32. The number of hydrogen-bond acceptors (Lipinski definition) is 3. The summed E-state index contributed by atoms with van der Waals surface area (Å²) in [6.45, 7) is 0.274. The number of rotatable bonds is 4. The van der Waals surface area contributed by atoms with Crippen molar-refractivity contribution in [2.24, 2.45) is 11.8 Å². The Bertz CT molecular complexity index is 586. The van der Waals surface area contributed by atoms with Gasteiger partial charge < -0.3 is 15.2 Å². The largest absolute Gasteiger partial charge is 0.550 e. The molecule has 1 N–H and O–H groups in total. The van der Waals surface area contributed by atoms with Crippen LogP contribution in [0.4, 0.5) is 0 Å². The molecule has 0 heterocycles. The highest BCUT2D eigenvalue weighted by Gasteiger charge is 2.29. The first-order chi connectivity index (χ1) is 9.99. The Labute approximate surface area is 132 Å². The Morgan fingerprint density at radius 3 is 2.43 bits per heavy atom. The minimum absolute atomic E-state index is 0.274. The first-order valence-electron chi connectivity index (χ1n) is 6.56. The number of carboxylic acids is 1. The van der Waals surface area contributed by atoms with Crippen molar-refractivity contribution in [2.75, 3.05) is 0 Å². The van der Waals surface area contributed by atoms with E-state index in [4.69, 9.17) is 23.2 Å². The lowest BCUT2D eigenvalue weighted by atomic mass is 9.82. The number of carboxylic acid groups (broad SMARTS) is 1. The minimum Gasteiger partial charge on any atom is -0.550 e. The lowest BCUT2D eigenvalue weighted by Crippen LogP contribution is -2.43. The minimum atomic E-state index is -1.19. The molecule has 1 amide bonds. The molecule has 0 aliphatic heterocycles. The highest BCUT2D eigenvalue weighted by molar-refractivity contribution is 6.42. The molecule has 2 atom stereocenters. The summed E-state index contributed by atoms with van der Waals surface area (Å²) in [7, 11) is 0. The van der Waals surface area contributed by atoms with Crippen LogP contribution in [-0.4, -0.2) is 11.9 Å². The summed E-state index contributed by atoms with van der Waals surface area (Å²) in [6.07, 6.45) is 4.32. The molecule has 6 heteroatoms. The Morgan fingerprint density at radius 2 is 1.81 bits per heavy atom. The number of allylic oxidation sites excluding steroid dienone is 2. The zero-order valence-corrected chi connectivity index (χ0v) is 12.7. The molecule has 0 radical (unpaired) electrons. The fourth-order valence-electron chi connectivity index (χ4n) is 2.33. The predicted molar refractivity (Wildman–Crippen MR) is 78.7 cm³/mol. The van der Waals surface area contributed by atoms with Crippen molar-refractivity contribution < 1.29 is 14.7 Å². The number of halogens is 2. The van der Waals surface area contributed by atoms with E-state index in [1.807, 2.05) is 6.08 Å². The summed E-state index contributed by atoms with van der Waals surface area (Å²) in [5.74, 6) is -2.85. The Morgan fingerprint density at radius 1 is 1.14 bits per heavy atom. The molecule has 0 aromatic heterocycles. The smallest absolute Gasteiger partial charge is 0.224 e. The average molecular weight is 327 g/mol. The van der Waals surface area contributed by atoms with E-state index in [0.29, 0.717) is 22.9 Å². The maximum atomic E-state index is 12.1. The van der Waals surface area contributed by atoms with E-state index < -0.39 is 17.8 Å². The van der Waals surface area contributed by atoms with Crippen LogP contribution in [0.15, 0.2) is 30.4 Å². The van der Waals surface area contributed by atoms with Crippen LogP contribution in [0, 0.1) is 11.8 Å². The Hall–Kier alpha value is -1.52. The molecule has 1 aliphatic carbocycles. The van der Waals surface area contributed by atoms with Crippen molar-refractivity contribution in [3.63, 3.8) is 0 Å². The van der Waals surface area contributed by atoms with E-state index in [1.165, 1.54) is 0 Å². The van der Waals surface area contributed by atoms with Crippen molar-refractivity contribution in [2.45, 2.75) is 19.4 Å². The summed E-state index contributed by atoms with van der Waals surface area (Å²) >= 11 is 11.7. The number of aliphatic carboxylic acids is 1. The summed E-state index contributed by atoms with van der Waals surface area (Å²) in [4.78, 5) is 23.2. The van der Waals surface area contributed by atoms with Crippen LogP contribution >= 0.6 is 23.2 Å². The molecule has 112 valence electrons. The maximum absolute atomic E-state index is 12.1. The Kier molecular flexibility index (Phi) is 5.26. The quantitative estimate of drug-likeness (QED) is 0.860. The number of amides is 1. The summed E-state index contributed by atoms with van der Waals surface area (Å²) in [6, 6.07) is 5.07. The molecular weight excluding hydrogens is 313 g/mol. The van der Waals surface area contributed by atoms with Gasteiger partial charge in [-0.2, -0.15) is 0 Å². The molecule has 0 saturated carbocycles. The van der Waals surface area contributed by atoms with Gasteiger partial charge in [0.25, 0.3) is 0 Å². The van der Waals surface area contributed by atoms with Crippen molar-refractivity contribution >= 4 is 35.1 Å². The average Bonchev–Trinajstić information content (AvgIpc) is 2.48. The third kappa shape index (κ3) is 3.99. The van der Waals surface area contributed by atoms with E-state index in [-0.39, 0.29) is 12.5 Å². The van der Waals surface area contributed by atoms with Gasteiger partial charge in [0.15, 0.2) is 0 Å². The molecule has 1 aromatic rings. The standard InChI is InChI=1S/C15H15Cl2NO3/c16-12-6-5-9(7-13(12)17)8-18-14(19)10-3-1-2-4-11(10)15(20)21/h1-2,5-7,10-11H,3-4,8H2,(H,18,19)(H,20,21)/p-1/t10-,11-/m0/s1. The number of hydrogen-bond donors (Lipinski definition) is 1. The third-order valence-corrected chi connectivity index (χ3v) is 4.26. The molecule has 4 nitrogen and oxygen atoms in total. The second-order valence-corrected chi connectivity index (χ2v) is 5.76. The van der Waals surface area contributed by atoms with E-state index in [1.54, 1.807) is 24.3 Å². The second kappa shape index (κ2) is 6.96. The van der Waals surface area contributed by atoms with Crippen LogP contribution in [0.25, 0.3) is 0 Å². The predicted octanol–water partition coefficient (Wildman–Crippen LogP) is 1.94. The number of carbonyl (C=O) groups excluding carboxylic acids is 2. The van der Waals surface area contributed by atoms with Crippen LogP contribution in [0.3, 0.4) is 0 Å². The molecule has 1 aromatic carbocycles. The van der Waals surface area contributed by atoms with E-state index in [0.717, 1.165) is 5.56 Å². The highest BCUT2D eigenvalue weighted by atomic mass is 35.5. The van der Waals surface area contributed by atoms with Gasteiger partial charge >= 0.3 is 0 Å². The van der Waals surface area contributed by atoms with Crippen molar-refractivity contribution in [1.29, 1.82) is 0 Å². The SMILES string of the molecule is O=C([O-])[C@H]1CC=CC[C@@H]1C(=O)NCc1ccc(Cl)c(Cl)c1. The van der Waals surface area contributed by atoms with E-state index in [2.05, 4.69) is 5.32 Å². The van der Waals surface area contributed by atoms with Gasteiger partial charge in [0.05, 0.1) is 10.0 Å². The topological polar surface area (TPSA) is 69.2 Å². The molecule has 0 bridgehead atoms. The highest BCUT2D eigenvalue weighted by Crippen LogP contribution is 2.26. The van der Waals surface area contributed by atoms with Crippen LogP contribution < -0.4 is 10.4 Å². The van der Waals surface area contributed by atoms with E-state index >= 15 is 0 Å². The normalized spacial score (nSPS) is 21.0. The van der Waals surface area contributed by atoms with Crippen LogP contribution in [-0.2, 0) is 16.1 Å². The van der Waals surface area contributed by atoms with Gasteiger partial charge in [-0.05, 0) is 30.5 Å². The zero-order chi connectivity index (χ0) is 15.4. The molecule has 0 spiro atoms. The van der Waals surface area contributed by atoms with Gasteiger partial charge in [-0.1, -0.05) is 41.4 Å². The summed E-state index contributed by atoms with van der Waals surface area (Å²) in [5, 5.41) is 14.7. The monoisotopic (exact) mass is 326 g/mol. The first kappa shape index (κ1) is 15.9. The fraction of sp³-hybridized carbons (Fsp3) is 0.333. The molecule has 0 fully saturated rings. The van der Waals surface area contributed by atoms with Gasteiger partial charge in [0.2, 0.25) is 5.91 Å². The Balaban J connectivity index is 1.99. The zero-order valence-electron chi connectivity index (χ0n) is 11.1. The van der Waals surface area contributed by atoms with Crippen LogP contribution in [0.1, 0.15) is 18.4 Å². The van der Waals surface area contributed by atoms with Gasteiger partial charge in [-0.15, -0.1) is 0 Å². The third-order valence-electron chi connectivity index (χ3n) is 3.52. The lowest BCUT2D eigenvalue weighted by molar-refractivity contribution is -0.313. The molecule has 0 unspecified atom stereocenters. The number of nitrogens with one attached hydrogen (secondary N) is 1. The van der Waals surface area contributed by atoms with Gasteiger partial charge in [0, 0.05) is 24.3 Å². The lowest BCUT2D eigenvalue weighted by Gasteiger charge is -2.28. The second-order valence-electron chi connectivity index (χ2n) is 4.94. The van der Waals surface area contributed by atoms with Gasteiger partial charge in [-0.3, -0.25) is 4.79 Å². The van der Waals surface area contributed by atoms with Crippen molar-refractivity contribution in [3.8, 4) is 0 Å². The molecule has 2 rings (SSSR count).